The van der Waals surface area contributed by atoms with Crippen molar-refractivity contribution in [2.75, 3.05) is 7.11 Å². The maximum atomic E-state index is 5.42. The van der Waals surface area contributed by atoms with Gasteiger partial charge in [0.1, 0.15) is 5.75 Å². The summed E-state index contributed by atoms with van der Waals surface area (Å²) < 4.78 is 5.42. The largest absolute Gasteiger partial charge is 0.496 e. The second-order valence-electron chi connectivity index (χ2n) is 5.93. The lowest BCUT2D eigenvalue weighted by Gasteiger charge is -2.42. The van der Waals surface area contributed by atoms with Crippen molar-refractivity contribution in [3.63, 3.8) is 0 Å². The van der Waals surface area contributed by atoms with Gasteiger partial charge in [-0.15, -0.1) is 0 Å². The highest BCUT2D eigenvalue weighted by atomic mass is 16.5. The molecule has 2 nitrogen and oxygen atoms in total. The molecule has 0 radical (unpaired) electrons. The minimum atomic E-state index is 0.497. The molecule has 3 rings (SSSR count). The van der Waals surface area contributed by atoms with E-state index < -0.39 is 0 Å². The average Bonchev–Trinajstić information content (AvgIpc) is 2.78. The van der Waals surface area contributed by atoms with E-state index in [1.807, 2.05) is 12.1 Å². The van der Waals surface area contributed by atoms with E-state index in [9.17, 15) is 0 Å². The number of benzene rings is 1. The number of rotatable bonds is 5. The smallest absolute Gasteiger partial charge is 0.122 e. The molecule has 0 heterocycles. The molecule has 0 aliphatic heterocycles. The van der Waals surface area contributed by atoms with Gasteiger partial charge in [-0.3, -0.25) is 0 Å². The molecule has 1 aromatic carbocycles. The Morgan fingerprint density at radius 1 is 1.37 bits per heavy atom. The van der Waals surface area contributed by atoms with Crippen LogP contribution in [0.3, 0.4) is 0 Å². The summed E-state index contributed by atoms with van der Waals surface area (Å²) in [6.07, 6.45) is 8.42. The maximum absolute atomic E-state index is 5.42. The Labute approximate surface area is 115 Å². The Balaban J connectivity index is 1.56. The highest BCUT2D eigenvalue weighted by molar-refractivity contribution is 5.33. The second-order valence-corrected chi connectivity index (χ2v) is 5.93. The Morgan fingerprint density at radius 2 is 2.21 bits per heavy atom. The van der Waals surface area contributed by atoms with E-state index >= 15 is 0 Å². The van der Waals surface area contributed by atoms with Crippen molar-refractivity contribution in [2.45, 2.75) is 38.3 Å². The van der Waals surface area contributed by atoms with Gasteiger partial charge in [0.15, 0.2) is 0 Å². The summed E-state index contributed by atoms with van der Waals surface area (Å²) in [5, 5.41) is 3.78. The molecule has 102 valence electrons. The highest BCUT2D eigenvalue weighted by Gasteiger charge is 2.41. The SMILES string of the molecule is COc1ccccc1CC(C)NC1CC2CC=CC21. The summed E-state index contributed by atoms with van der Waals surface area (Å²) in [7, 11) is 1.75. The summed E-state index contributed by atoms with van der Waals surface area (Å²) in [6.45, 7) is 2.28. The van der Waals surface area contributed by atoms with E-state index in [0.717, 1.165) is 24.0 Å². The third-order valence-corrected chi connectivity index (χ3v) is 4.58. The Morgan fingerprint density at radius 3 is 3.00 bits per heavy atom. The second kappa shape index (κ2) is 5.38. The van der Waals surface area contributed by atoms with E-state index in [-0.39, 0.29) is 0 Å². The highest BCUT2D eigenvalue weighted by Crippen LogP contribution is 2.42. The fourth-order valence-electron chi connectivity index (χ4n) is 3.53. The van der Waals surface area contributed by atoms with Gasteiger partial charge in [-0.25, -0.2) is 0 Å². The quantitative estimate of drug-likeness (QED) is 0.818. The lowest BCUT2D eigenvalue weighted by molar-refractivity contribution is 0.152. The van der Waals surface area contributed by atoms with Crippen molar-refractivity contribution in [2.24, 2.45) is 11.8 Å². The number of methoxy groups -OCH3 is 1. The molecule has 1 fully saturated rings. The first-order valence-corrected chi connectivity index (χ1v) is 7.32. The predicted molar refractivity (Wildman–Crippen MR) is 78.4 cm³/mol. The Kier molecular flexibility index (Phi) is 3.61. The summed E-state index contributed by atoms with van der Waals surface area (Å²) >= 11 is 0. The maximum Gasteiger partial charge on any atom is 0.122 e. The first-order chi connectivity index (χ1) is 9.28. The lowest BCUT2D eigenvalue weighted by atomic mass is 9.71. The van der Waals surface area contributed by atoms with Gasteiger partial charge in [-0.05, 0) is 49.7 Å². The molecular weight excluding hydrogens is 234 g/mol. The zero-order valence-corrected chi connectivity index (χ0v) is 11.8. The van der Waals surface area contributed by atoms with Crippen LogP contribution in [0.25, 0.3) is 0 Å². The predicted octanol–water partition coefficient (Wildman–Crippen LogP) is 3.18. The van der Waals surface area contributed by atoms with Gasteiger partial charge >= 0.3 is 0 Å². The molecule has 1 saturated carbocycles. The molecule has 2 aliphatic carbocycles. The first kappa shape index (κ1) is 12.7. The number of fused-ring (bicyclic) bond motifs is 1. The van der Waals surface area contributed by atoms with E-state index in [1.54, 1.807) is 7.11 Å². The van der Waals surface area contributed by atoms with Gasteiger partial charge in [0.2, 0.25) is 0 Å². The number of allylic oxidation sites excluding steroid dienone is 1. The molecule has 2 aliphatic rings. The molecule has 0 aromatic heterocycles. The van der Waals surface area contributed by atoms with Crippen molar-refractivity contribution in [1.29, 1.82) is 0 Å². The molecule has 2 heteroatoms. The van der Waals surface area contributed by atoms with E-state index in [2.05, 4.69) is 36.5 Å². The fourth-order valence-corrected chi connectivity index (χ4v) is 3.53. The molecule has 0 amide bonds. The van der Waals surface area contributed by atoms with Crippen molar-refractivity contribution in [1.82, 2.24) is 5.32 Å². The zero-order chi connectivity index (χ0) is 13.2. The van der Waals surface area contributed by atoms with Gasteiger partial charge < -0.3 is 10.1 Å². The van der Waals surface area contributed by atoms with E-state index in [4.69, 9.17) is 4.74 Å². The van der Waals surface area contributed by atoms with Crippen molar-refractivity contribution < 1.29 is 4.74 Å². The molecule has 1 aromatic rings. The summed E-state index contributed by atoms with van der Waals surface area (Å²) in [6, 6.07) is 9.51. The molecule has 4 atom stereocenters. The van der Waals surface area contributed by atoms with Crippen LogP contribution >= 0.6 is 0 Å². The van der Waals surface area contributed by atoms with Crippen LogP contribution in [0.5, 0.6) is 5.75 Å². The van der Waals surface area contributed by atoms with E-state index in [1.165, 1.54) is 18.4 Å². The topological polar surface area (TPSA) is 21.3 Å². The minimum Gasteiger partial charge on any atom is -0.496 e. The van der Waals surface area contributed by atoms with Crippen LogP contribution in [0.15, 0.2) is 36.4 Å². The summed E-state index contributed by atoms with van der Waals surface area (Å²) in [5.74, 6) is 2.72. The van der Waals surface area contributed by atoms with Crippen LogP contribution in [0.4, 0.5) is 0 Å². The number of nitrogens with one attached hydrogen (secondary N) is 1. The Hall–Kier alpha value is -1.28. The van der Waals surface area contributed by atoms with Crippen molar-refractivity contribution >= 4 is 0 Å². The molecule has 0 saturated heterocycles. The molecule has 0 spiro atoms. The zero-order valence-electron chi connectivity index (χ0n) is 11.8. The standard InChI is InChI=1S/C17H23NO/c1-12(10-14-6-3-4-9-17(14)19-2)18-16-11-13-7-5-8-15(13)16/h3-6,8-9,12-13,15-16,18H,7,10-11H2,1-2H3. The van der Waals surface area contributed by atoms with Crippen molar-refractivity contribution in [3.05, 3.63) is 42.0 Å². The lowest BCUT2D eigenvalue weighted by Crippen LogP contribution is -2.51. The number of hydrogen-bond donors (Lipinski definition) is 1. The third-order valence-electron chi connectivity index (χ3n) is 4.58. The monoisotopic (exact) mass is 257 g/mol. The number of para-hydroxylation sites is 1. The fraction of sp³-hybridized carbons (Fsp3) is 0.529. The van der Waals surface area contributed by atoms with Gasteiger partial charge in [-0.2, -0.15) is 0 Å². The van der Waals surface area contributed by atoms with Crippen LogP contribution in [-0.4, -0.2) is 19.2 Å². The molecule has 19 heavy (non-hydrogen) atoms. The van der Waals surface area contributed by atoms with Gasteiger partial charge in [-0.1, -0.05) is 30.4 Å². The molecule has 0 bridgehead atoms. The van der Waals surface area contributed by atoms with Crippen LogP contribution in [0.2, 0.25) is 0 Å². The third kappa shape index (κ3) is 2.55. The number of ether oxygens (including phenoxy) is 1. The van der Waals surface area contributed by atoms with Gasteiger partial charge in [0, 0.05) is 12.1 Å². The van der Waals surface area contributed by atoms with Crippen LogP contribution in [0, 0.1) is 11.8 Å². The van der Waals surface area contributed by atoms with Crippen LogP contribution < -0.4 is 10.1 Å². The molecular formula is C17H23NO. The van der Waals surface area contributed by atoms with E-state index in [0.29, 0.717) is 12.1 Å². The van der Waals surface area contributed by atoms with Crippen LogP contribution in [0.1, 0.15) is 25.3 Å². The van der Waals surface area contributed by atoms with Crippen LogP contribution in [-0.2, 0) is 6.42 Å². The molecule has 1 N–H and O–H groups in total. The first-order valence-electron chi connectivity index (χ1n) is 7.32. The summed E-state index contributed by atoms with van der Waals surface area (Å²) in [4.78, 5) is 0. The average molecular weight is 257 g/mol. The van der Waals surface area contributed by atoms with Gasteiger partial charge in [0.05, 0.1) is 7.11 Å². The molecule has 4 unspecified atom stereocenters. The van der Waals surface area contributed by atoms with Gasteiger partial charge in [0.25, 0.3) is 0 Å². The Bertz CT molecular complexity index is 468. The number of hydrogen-bond acceptors (Lipinski definition) is 2. The minimum absolute atomic E-state index is 0.497. The summed E-state index contributed by atoms with van der Waals surface area (Å²) in [5.41, 5.74) is 1.29. The van der Waals surface area contributed by atoms with Crippen molar-refractivity contribution in [3.8, 4) is 5.75 Å². The normalized spacial score (nSPS) is 29.7.